The second kappa shape index (κ2) is 5.17. The molecule has 2 atom stereocenters. The Morgan fingerprint density at radius 3 is 3.00 bits per heavy atom. The molecule has 1 aliphatic carbocycles. The Hall–Kier alpha value is -1.62. The van der Waals surface area contributed by atoms with Crippen LogP contribution >= 0.6 is 0 Å². The molecule has 2 aliphatic rings. The lowest BCUT2D eigenvalue weighted by atomic mass is 9.90. The Morgan fingerprint density at radius 1 is 1.37 bits per heavy atom. The molecule has 19 heavy (non-hydrogen) atoms. The number of aromatic nitrogens is 1. The molecule has 1 aliphatic heterocycles. The molecule has 5 heteroatoms. The van der Waals surface area contributed by atoms with E-state index in [2.05, 4.69) is 4.98 Å². The van der Waals surface area contributed by atoms with Gasteiger partial charge in [-0.25, -0.2) is 4.98 Å². The summed E-state index contributed by atoms with van der Waals surface area (Å²) in [5, 5.41) is 0. The number of rotatable bonds is 1. The molecule has 2 unspecified atom stereocenters. The highest BCUT2D eigenvalue weighted by atomic mass is 16.5. The van der Waals surface area contributed by atoms with Gasteiger partial charge in [0.25, 0.3) is 5.91 Å². The van der Waals surface area contributed by atoms with Crippen LogP contribution in [0.4, 0.5) is 5.69 Å². The third-order valence-electron chi connectivity index (χ3n) is 4.00. The fourth-order valence-corrected chi connectivity index (χ4v) is 3.03. The first-order valence-corrected chi connectivity index (χ1v) is 6.90. The Bertz CT molecular complexity index is 458. The lowest BCUT2D eigenvalue weighted by Gasteiger charge is -2.43. The minimum Gasteiger partial charge on any atom is -0.397 e. The Morgan fingerprint density at radius 2 is 2.21 bits per heavy atom. The van der Waals surface area contributed by atoms with Crippen molar-refractivity contribution >= 4 is 11.6 Å². The summed E-state index contributed by atoms with van der Waals surface area (Å²) in [6.45, 7) is 1.29. The number of anilines is 1. The van der Waals surface area contributed by atoms with Crippen molar-refractivity contribution in [1.82, 2.24) is 9.88 Å². The summed E-state index contributed by atoms with van der Waals surface area (Å²) in [5.41, 5.74) is 6.65. The van der Waals surface area contributed by atoms with E-state index in [-0.39, 0.29) is 18.1 Å². The van der Waals surface area contributed by atoms with E-state index >= 15 is 0 Å². The minimum atomic E-state index is 0.000185. The molecular formula is C14H19N3O2. The number of nitrogens with zero attached hydrogens (tertiary/aromatic N) is 2. The van der Waals surface area contributed by atoms with Crippen molar-refractivity contribution in [2.75, 3.05) is 18.9 Å². The SMILES string of the molecule is Nc1ccc(C(=O)N2CCOC3CCCCC32)nc1. The number of hydrogen-bond donors (Lipinski definition) is 1. The third-order valence-corrected chi connectivity index (χ3v) is 4.00. The predicted molar refractivity (Wildman–Crippen MR) is 71.7 cm³/mol. The lowest BCUT2D eigenvalue weighted by Crippen LogP contribution is -2.54. The van der Waals surface area contributed by atoms with Gasteiger partial charge in [0.2, 0.25) is 0 Å². The van der Waals surface area contributed by atoms with Gasteiger partial charge in [0.05, 0.1) is 30.6 Å². The van der Waals surface area contributed by atoms with Gasteiger partial charge in [0.1, 0.15) is 5.69 Å². The number of pyridine rings is 1. The molecule has 1 amide bonds. The maximum atomic E-state index is 12.5. The van der Waals surface area contributed by atoms with Crippen molar-refractivity contribution in [2.24, 2.45) is 0 Å². The van der Waals surface area contributed by atoms with Gasteiger partial charge in [0, 0.05) is 6.54 Å². The van der Waals surface area contributed by atoms with E-state index in [1.165, 1.54) is 19.0 Å². The first-order chi connectivity index (χ1) is 9.25. The van der Waals surface area contributed by atoms with Crippen LogP contribution in [0.15, 0.2) is 18.3 Å². The van der Waals surface area contributed by atoms with E-state index < -0.39 is 0 Å². The Kier molecular flexibility index (Phi) is 3.38. The quantitative estimate of drug-likeness (QED) is 0.830. The summed E-state index contributed by atoms with van der Waals surface area (Å²) in [4.78, 5) is 18.6. The summed E-state index contributed by atoms with van der Waals surface area (Å²) >= 11 is 0. The van der Waals surface area contributed by atoms with E-state index in [0.717, 1.165) is 12.8 Å². The number of nitrogens with two attached hydrogens (primary N) is 1. The van der Waals surface area contributed by atoms with Gasteiger partial charge in [-0.3, -0.25) is 4.79 Å². The van der Waals surface area contributed by atoms with E-state index in [4.69, 9.17) is 10.5 Å². The molecule has 1 saturated heterocycles. The number of amides is 1. The highest BCUT2D eigenvalue weighted by Gasteiger charge is 2.37. The maximum absolute atomic E-state index is 12.5. The van der Waals surface area contributed by atoms with Crippen molar-refractivity contribution in [2.45, 2.75) is 37.8 Å². The van der Waals surface area contributed by atoms with E-state index in [9.17, 15) is 4.79 Å². The van der Waals surface area contributed by atoms with Gasteiger partial charge in [-0.05, 0) is 25.0 Å². The standard InChI is InChI=1S/C14H19N3O2/c15-10-5-6-11(16-9-10)14(18)17-7-8-19-13-4-2-1-3-12(13)17/h5-6,9,12-13H,1-4,7-8,15H2. The second-order valence-corrected chi connectivity index (χ2v) is 5.24. The van der Waals surface area contributed by atoms with Crippen molar-refractivity contribution in [1.29, 1.82) is 0 Å². The molecule has 3 rings (SSSR count). The largest absolute Gasteiger partial charge is 0.397 e. The lowest BCUT2D eigenvalue weighted by molar-refractivity contribution is -0.0754. The van der Waals surface area contributed by atoms with Crippen LogP contribution in [-0.2, 0) is 4.74 Å². The fourth-order valence-electron chi connectivity index (χ4n) is 3.03. The number of ether oxygens (including phenoxy) is 1. The highest BCUT2D eigenvalue weighted by Crippen LogP contribution is 2.29. The zero-order valence-electron chi connectivity index (χ0n) is 10.9. The minimum absolute atomic E-state index is 0.000185. The Balaban J connectivity index is 1.79. The van der Waals surface area contributed by atoms with Crippen molar-refractivity contribution in [3.8, 4) is 0 Å². The summed E-state index contributed by atoms with van der Waals surface area (Å²) < 4.78 is 5.78. The molecule has 1 saturated carbocycles. The van der Waals surface area contributed by atoms with Gasteiger partial charge in [-0.1, -0.05) is 12.8 Å². The number of fused-ring (bicyclic) bond motifs is 1. The number of carbonyl (C=O) groups is 1. The molecule has 0 radical (unpaired) electrons. The monoisotopic (exact) mass is 261 g/mol. The van der Waals surface area contributed by atoms with Gasteiger partial charge < -0.3 is 15.4 Å². The van der Waals surface area contributed by atoms with Crippen molar-refractivity contribution in [3.05, 3.63) is 24.0 Å². The summed E-state index contributed by atoms with van der Waals surface area (Å²) in [6.07, 6.45) is 6.20. The van der Waals surface area contributed by atoms with Crippen molar-refractivity contribution < 1.29 is 9.53 Å². The second-order valence-electron chi connectivity index (χ2n) is 5.24. The first kappa shape index (κ1) is 12.4. The van der Waals surface area contributed by atoms with Crippen LogP contribution in [0.1, 0.15) is 36.2 Å². The van der Waals surface area contributed by atoms with E-state index in [0.29, 0.717) is 24.5 Å². The number of morpholine rings is 1. The van der Waals surface area contributed by atoms with Crippen LogP contribution in [0, 0.1) is 0 Å². The summed E-state index contributed by atoms with van der Waals surface area (Å²) in [5.74, 6) is 0.000185. The molecule has 0 bridgehead atoms. The molecule has 2 fully saturated rings. The van der Waals surface area contributed by atoms with Gasteiger partial charge in [0.15, 0.2) is 0 Å². The molecule has 1 aromatic rings. The number of carbonyl (C=O) groups excluding carboxylic acids is 1. The molecule has 2 heterocycles. The maximum Gasteiger partial charge on any atom is 0.272 e. The number of nitrogen functional groups attached to an aromatic ring is 1. The molecule has 2 N–H and O–H groups in total. The van der Waals surface area contributed by atoms with Gasteiger partial charge in [-0.15, -0.1) is 0 Å². The predicted octanol–water partition coefficient (Wildman–Crippen LogP) is 1.45. The van der Waals surface area contributed by atoms with E-state index in [1.54, 1.807) is 12.1 Å². The molecule has 1 aromatic heterocycles. The molecule has 0 spiro atoms. The fraction of sp³-hybridized carbons (Fsp3) is 0.571. The average molecular weight is 261 g/mol. The smallest absolute Gasteiger partial charge is 0.272 e. The van der Waals surface area contributed by atoms with Crippen LogP contribution in [0.25, 0.3) is 0 Å². The van der Waals surface area contributed by atoms with Crippen LogP contribution < -0.4 is 5.73 Å². The van der Waals surface area contributed by atoms with E-state index in [1.807, 2.05) is 4.90 Å². The zero-order chi connectivity index (χ0) is 13.2. The Labute approximate surface area is 112 Å². The average Bonchev–Trinajstić information content (AvgIpc) is 2.47. The molecule has 102 valence electrons. The highest BCUT2D eigenvalue weighted by molar-refractivity contribution is 5.92. The normalized spacial score (nSPS) is 26.8. The summed E-state index contributed by atoms with van der Waals surface area (Å²) in [6, 6.07) is 3.64. The summed E-state index contributed by atoms with van der Waals surface area (Å²) in [7, 11) is 0. The van der Waals surface area contributed by atoms with Crippen LogP contribution in [-0.4, -0.2) is 41.1 Å². The topological polar surface area (TPSA) is 68.5 Å². The van der Waals surface area contributed by atoms with Gasteiger partial charge >= 0.3 is 0 Å². The van der Waals surface area contributed by atoms with Crippen LogP contribution in [0.5, 0.6) is 0 Å². The van der Waals surface area contributed by atoms with Gasteiger partial charge in [-0.2, -0.15) is 0 Å². The van der Waals surface area contributed by atoms with Crippen molar-refractivity contribution in [3.63, 3.8) is 0 Å². The molecular weight excluding hydrogens is 242 g/mol. The molecule has 5 nitrogen and oxygen atoms in total. The third kappa shape index (κ3) is 2.42. The first-order valence-electron chi connectivity index (χ1n) is 6.90. The number of hydrogen-bond acceptors (Lipinski definition) is 4. The molecule has 0 aromatic carbocycles. The van der Waals surface area contributed by atoms with Crippen LogP contribution in [0.2, 0.25) is 0 Å². The zero-order valence-corrected chi connectivity index (χ0v) is 10.9. The van der Waals surface area contributed by atoms with Crippen LogP contribution in [0.3, 0.4) is 0 Å².